The van der Waals surface area contributed by atoms with Gasteiger partial charge in [0.05, 0.1) is 0 Å². The Kier molecular flexibility index (Phi) is 2.76. The standard InChI is InChI=1S/C25H22NO/c1-15-9-23(26(4)14-17(15)3)20-13-22-21-11-18-7-5-6-8-19(18)12-25(21)27-24(22)10-16(20)2/h5-14H,1-4H3/q+1/i3D3. The topological polar surface area (TPSA) is 17.0 Å². The van der Waals surface area contributed by atoms with Crippen molar-refractivity contribution >= 4 is 32.7 Å². The zero-order chi connectivity index (χ0) is 21.2. The fourth-order valence-electron chi connectivity index (χ4n) is 3.90. The molecule has 0 radical (unpaired) electrons. The Morgan fingerprint density at radius 1 is 0.815 bits per heavy atom. The summed E-state index contributed by atoms with van der Waals surface area (Å²) in [6.45, 7) is 1.80. The van der Waals surface area contributed by atoms with Crippen LogP contribution in [-0.4, -0.2) is 0 Å². The van der Waals surface area contributed by atoms with Crippen LogP contribution in [0.3, 0.4) is 0 Å². The number of hydrogen-bond donors (Lipinski definition) is 0. The van der Waals surface area contributed by atoms with Crippen LogP contribution in [0, 0.1) is 20.7 Å². The third kappa shape index (κ3) is 2.44. The maximum atomic E-state index is 7.78. The second-order valence-electron chi connectivity index (χ2n) is 7.33. The molecule has 0 N–H and O–H groups in total. The molecule has 5 rings (SSSR count). The molecule has 0 aliphatic heterocycles. The van der Waals surface area contributed by atoms with Gasteiger partial charge in [-0.05, 0) is 66.9 Å². The molecule has 0 saturated carbocycles. The molecule has 132 valence electrons. The normalized spacial score (nSPS) is 13.8. The van der Waals surface area contributed by atoms with Gasteiger partial charge in [-0.2, -0.15) is 0 Å². The SMILES string of the molecule is [2H]C([2H])([2H])c1c[n+](C)c(-c2cc3c(cc2C)oc2cc4ccccc4cc23)cc1C. The van der Waals surface area contributed by atoms with Crippen LogP contribution in [-0.2, 0) is 7.05 Å². The van der Waals surface area contributed by atoms with E-state index in [2.05, 4.69) is 43.3 Å². The first-order valence-corrected chi connectivity index (χ1v) is 9.09. The summed E-state index contributed by atoms with van der Waals surface area (Å²) in [5, 5.41) is 4.49. The van der Waals surface area contributed by atoms with Crippen LogP contribution in [0.25, 0.3) is 44.0 Å². The molecule has 2 nitrogen and oxygen atoms in total. The highest BCUT2D eigenvalue weighted by Crippen LogP contribution is 2.36. The van der Waals surface area contributed by atoms with Crippen molar-refractivity contribution in [1.82, 2.24) is 0 Å². The third-order valence-electron chi connectivity index (χ3n) is 5.44. The number of pyridine rings is 1. The Balaban J connectivity index is 1.77. The van der Waals surface area contributed by atoms with Crippen LogP contribution < -0.4 is 4.57 Å². The van der Waals surface area contributed by atoms with E-state index < -0.39 is 6.85 Å². The van der Waals surface area contributed by atoms with Gasteiger partial charge in [0, 0.05) is 32.1 Å². The lowest BCUT2D eigenvalue weighted by molar-refractivity contribution is -0.660. The molecule has 0 aliphatic rings. The summed E-state index contributed by atoms with van der Waals surface area (Å²) in [4.78, 5) is 0. The Labute approximate surface area is 162 Å². The Bertz CT molecular complexity index is 1460. The Morgan fingerprint density at radius 2 is 1.52 bits per heavy atom. The average molecular weight is 355 g/mol. The van der Waals surface area contributed by atoms with Gasteiger partial charge in [0.2, 0.25) is 5.69 Å². The second kappa shape index (κ2) is 5.68. The Morgan fingerprint density at radius 3 is 2.30 bits per heavy atom. The first kappa shape index (κ1) is 13.1. The van der Waals surface area contributed by atoms with Crippen molar-refractivity contribution in [2.75, 3.05) is 0 Å². The summed E-state index contributed by atoms with van der Waals surface area (Å²) in [6.07, 6.45) is 1.72. The van der Waals surface area contributed by atoms with E-state index in [1.807, 2.05) is 36.7 Å². The van der Waals surface area contributed by atoms with Crippen LogP contribution in [0.2, 0.25) is 0 Å². The van der Waals surface area contributed by atoms with E-state index in [0.717, 1.165) is 49.7 Å². The number of aromatic nitrogens is 1. The van der Waals surface area contributed by atoms with Gasteiger partial charge in [-0.1, -0.05) is 24.3 Å². The smallest absolute Gasteiger partial charge is 0.212 e. The number of rotatable bonds is 1. The van der Waals surface area contributed by atoms with E-state index in [-0.39, 0.29) is 0 Å². The molecule has 0 unspecified atom stereocenters. The van der Waals surface area contributed by atoms with E-state index in [1.165, 1.54) is 5.39 Å². The predicted molar refractivity (Wildman–Crippen MR) is 112 cm³/mol. The largest absolute Gasteiger partial charge is 0.456 e. The van der Waals surface area contributed by atoms with Gasteiger partial charge in [0.25, 0.3) is 0 Å². The zero-order valence-corrected chi connectivity index (χ0v) is 15.6. The van der Waals surface area contributed by atoms with E-state index >= 15 is 0 Å². The van der Waals surface area contributed by atoms with Crippen molar-refractivity contribution in [3.63, 3.8) is 0 Å². The molecule has 0 bridgehead atoms. The van der Waals surface area contributed by atoms with Crippen LogP contribution in [0.15, 0.2) is 65.2 Å². The molecular weight excluding hydrogens is 330 g/mol. The van der Waals surface area contributed by atoms with Crippen molar-refractivity contribution in [1.29, 1.82) is 0 Å². The minimum atomic E-state index is -2.12. The van der Waals surface area contributed by atoms with Crippen molar-refractivity contribution in [3.8, 4) is 11.3 Å². The highest BCUT2D eigenvalue weighted by Gasteiger charge is 2.18. The number of furan rings is 1. The number of benzene rings is 3. The maximum absolute atomic E-state index is 7.78. The van der Waals surface area contributed by atoms with Crippen molar-refractivity contribution in [3.05, 3.63) is 77.5 Å². The lowest BCUT2D eigenvalue weighted by atomic mass is 9.98. The molecule has 0 atom stereocenters. The molecule has 0 aliphatic carbocycles. The molecule has 0 spiro atoms. The van der Waals surface area contributed by atoms with Crippen molar-refractivity contribution in [2.45, 2.75) is 20.7 Å². The molecule has 0 saturated heterocycles. The van der Waals surface area contributed by atoms with Crippen molar-refractivity contribution < 1.29 is 13.1 Å². The summed E-state index contributed by atoms with van der Waals surface area (Å²) in [7, 11) is 1.90. The summed E-state index contributed by atoms with van der Waals surface area (Å²) < 4.78 is 31.4. The highest BCUT2D eigenvalue weighted by atomic mass is 16.3. The summed E-state index contributed by atoms with van der Waals surface area (Å²) in [6, 6.07) is 18.7. The van der Waals surface area contributed by atoms with E-state index in [0.29, 0.717) is 5.56 Å². The van der Waals surface area contributed by atoms with Crippen LogP contribution >= 0.6 is 0 Å². The Hall–Kier alpha value is -3.13. The minimum Gasteiger partial charge on any atom is -0.456 e. The van der Waals surface area contributed by atoms with Crippen LogP contribution in [0.5, 0.6) is 0 Å². The molecule has 5 aromatic rings. The number of hydrogen-bond acceptors (Lipinski definition) is 1. The molecule has 2 aromatic heterocycles. The highest BCUT2D eigenvalue weighted by molar-refractivity contribution is 6.11. The van der Waals surface area contributed by atoms with Gasteiger partial charge in [-0.15, -0.1) is 0 Å². The molecule has 0 fully saturated rings. The molecule has 3 aromatic carbocycles. The molecular formula is C25H22NO+. The van der Waals surface area contributed by atoms with Gasteiger partial charge in [-0.25, -0.2) is 4.57 Å². The van der Waals surface area contributed by atoms with E-state index in [9.17, 15) is 0 Å². The lowest BCUT2D eigenvalue weighted by Gasteiger charge is -2.07. The second-order valence-corrected chi connectivity index (χ2v) is 7.33. The fraction of sp³-hybridized carbons (Fsp3) is 0.160. The molecule has 27 heavy (non-hydrogen) atoms. The summed E-state index contributed by atoms with van der Waals surface area (Å²) in [5.74, 6) is 0. The first-order valence-electron chi connectivity index (χ1n) is 10.6. The van der Waals surface area contributed by atoms with Gasteiger partial charge in [0.15, 0.2) is 6.20 Å². The van der Waals surface area contributed by atoms with Gasteiger partial charge >= 0.3 is 0 Å². The molecule has 2 heterocycles. The van der Waals surface area contributed by atoms with Crippen LogP contribution in [0.4, 0.5) is 0 Å². The maximum Gasteiger partial charge on any atom is 0.212 e. The number of aryl methyl sites for hydroxylation is 4. The van der Waals surface area contributed by atoms with Gasteiger partial charge in [0.1, 0.15) is 18.2 Å². The van der Waals surface area contributed by atoms with E-state index in [1.54, 1.807) is 6.20 Å². The zero-order valence-electron chi connectivity index (χ0n) is 18.6. The quantitative estimate of drug-likeness (QED) is 0.329. The van der Waals surface area contributed by atoms with Gasteiger partial charge < -0.3 is 4.42 Å². The van der Waals surface area contributed by atoms with Crippen LogP contribution in [0.1, 0.15) is 20.8 Å². The first-order chi connectivity index (χ1) is 14.2. The summed E-state index contributed by atoms with van der Waals surface area (Å²) >= 11 is 0. The predicted octanol–water partition coefficient (Wildman–Crippen LogP) is 6.16. The third-order valence-corrected chi connectivity index (χ3v) is 5.44. The average Bonchev–Trinajstić information content (AvgIpc) is 3.02. The molecule has 0 amide bonds. The van der Waals surface area contributed by atoms with E-state index in [4.69, 9.17) is 8.53 Å². The lowest BCUT2D eigenvalue weighted by Crippen LogP contribution is -2.31. The summed E-state index contributed by atoms with van der Waals surface area (Å²) in [5.41, 5.74) is 6.02. The molecule has 2 heteroatoms. The minimum absolute atomic E-state index is 0.382. The number of fused-ring (bicyclic) bond motifs is 4. The number of nitrogens with zero attached hydrogens (tertiary/aromatic N) is 1. The van der Waals surface area contributed by atoms with Crippen molar-refractivity contribution in [2.24, 2.45) is 7.05 Å². The van der Waals surface area contributed by atoms with Gasteiger partial charge in [-0.3, -0.25) is 0 Å². The monoisotopic (exact) mass is 355 g/mol. The fourth-order valence-corrected chi connectivity index (χ4v) is 3.90.